The van der Waals surface area contributed by atoms with Crippen LogP contribution >= 0.6 is 11.3 Å². The van der Waals surface area contributed by atoms with Crippen LogP contribution in [0.3, 0.4) is 0 Å². The van der Waals surface area contributed by atoms with E-state index >= 15 is 0 Å². The number of nitrogens with zero attached hydrogens (tertiary/aromatic N) is 3. The van der Waals surface area contributed by atoms with Gasteiger partial charge in [0, 0.05) is 43.4 Å². The van der Waals surface area contributed by atoms with Crippen molar-refractivity contribution in [3.8, 4) is 0 Å². The maximum atomic E-state index is 12.3. The van der Waals surface area contributed by atoms with Gasteiger partial charge >= 0.3 is 0 Å². The summed E-state index contributed by atoms with van der Waals surface area (Å²) >= 11 is 1.67. The minimum absolute atomic E-state index is 0.0474. The molecule has 1 aliphatic heterocycles. The van der Waals surface area contributed by atoms with Crippen LogP contribution in [0.4, 0.5) is 10.8 Å². The van der Waals surface area contributed by atoms with Crippen LogP contribution < -0.4 is 10.2 Å². The second-order valence-electron chi connectivity index (χ2n) is 7.45. The van der Waals surface area contributed by atoms with Gasteiger partial charge in [0.05, 0.1) is 6.54 Å². The molecule has 0 spiro atoms. The maximum Gasteiger partial charge on any atom is 0.238 e. The molecule has 0 radical (unpaired) electrons. The van der Waals surface area contributed by atoms with Crippen molar-refractivity contribution in [2.24, 2.45) is 0 Å². The number of nitrogens with one attached hydrogen (secondary N) is 1. The monoisotopic (exact) mass is 358 g/mol. The Hall–Kier alpha value is -1.92. The number of carbonyl (C=O) groups excluding carboxylic acids is 1. The van der Waals surface area contributed by atoms with E-state index in [1.54, 1.807) is 11.3 Å². The highest BCUT2D eigenvalue weighted by Gasteiger charge is 2.20. The Bertz CT molecular complexity index is 683. The van der Waals surface area contributed by atoms with Gasteiger partial charge in [-0.05, 0) is 23.1 Å². The molecular weight excluding hydrogens is 332 g/mol. The van der Waals surface area contributed by atoms with Crippen molar-refractivity contribution in [3.63, 3.8) is 0 Å². The number of amides is 1. The lowest BCUT2D eigenvalue weighted by Crippen LogP contribution is -2.48. The third kappa shape index (κ3) is 4.80. The van der Waals surface area contributed by atoms with Crippen molar-refractivity contribution in [1.82, 2.24) is 9.88 Å². The van der Waals surface area contributed by atoms with E-state index < -0.39 is 0 Å². The molecule has 0 atom stereocenters. The van der Waals surface area contributed by atoms with Crippen molar-refractivity contribution in [2.45, 2.75) is 26.2 Å². The zero-order valence-corrected chi connectivity index (χ0v) is 16.0. The van der Waals surface area contributed by atoms with Crippen molar-refractivity contribution in [1.29, 1.82) is 0 Å². The van der Waals surface area contributed by atoms with Crippen LogP contribution in [0.15, 0.2) is 35.8 Å². The van der Waals surface area contributed by atoms with Crippen molar-refractivity contribution < 1.29 is 4.79 Å². The Balaban J connectivity index is 1.47. The van der Waals surface area contributed by atoms with Gasteiger partial charge in [-0.3, -0.25) is 9.69 Å². The van der Waals surface area contributed by atoms with Gasteiger partial charge in [0.1, 0.15) is 0 Å². The Kier molecular flexibility index (Phi) is 5.39. The lowest BCUT2D eigenvalue weighted by molar-refractivity contribution is -0.117. The van der Waals surface area contributed by atoms with E-state index in [9.17, 15) is 4.79 Å². The van der Waals surface area contributed by atoms with Crippen molar-refractivity contribution in [2.75, 3.05) is 42.9 Å². The Labute approximate surface area is 153 Å². The summed E-state index contributed by atoms with van der Waals surface area (Å²) in [5.41, 5.74) is 2.25. The molecule has 6 heteroatoms. The normalized spacial score (nSPS) is 16.0. The first-order valence-corrected chi connectivity index (χ1v) is 9.57. The zero-order valence-electron chi connectivity index (χ0n) is 15.2. The molecule has 1 amide bonds. The Morgan fingerprint density at radius 3 is 2.40 bits per heavy atom. The van der Waals surface area contributed by atoms with Crippen molar-refractivity contribution >= 4 is 28.1 Å². The second-order valence-corrected chi connectivity index (χ2v) is 8.33. The largest absolute Gasteiger partial charge is 0.346 e. The number of rotatable bonds is 4. The van der Waals surface area contributed by atoms with Crippen LogP contribution in [0.5, 0.6) is 0 Å². The molecule has 1 fully saturated rings. The summed E-state index contributed by atoms with van der Waals surface area (Å²) in [6, 6.07) is 8.14. The number of hydrogen-bond donors (Lipinski definition) is 1. The standard InChI is InChI=1S/C19H26N4OS/c1-19(2,3)15-4-6-16(7-5-15)21-17(24)14-22-9-11-23(12-10-22)18-20-8-13-25-18/h4-8,13H,9-12,14H2,1-3H3,(H,21,24). The summed E-state index contributed by atoms with van der Waals surface area (Å²) in [4.78, 5) is 21.1. The van der Waals surface area contributed by atoms with Crippen LogP contribution in [0.2, 0.25) is 0 Å². The second kappa shape index (κ2) is 7.54. The number of anilines is 2. The molecule has 25 heavy (non-hydrogen) atoms. The summed E-state index contributed by atoms with van der Waals surface area (Å²) < 4.78 is 0. The average Bonchev–Trinajstić information content (AvgIpc) is 3.09. The van der Waals surface area contributed by atoms with Gasteiger partial charge in [-0.1, -0.05) is 32.9 Å². The first kappa shape index (κ1) is 17.9. The molecular formula is C19H26N4OS. The summed E-state index contributed by atoms with van der Waals surface area (Å²) in [6.07, 6.45) is 1.84. The molecule has 0 unspecified atom stereocenters. The fraction of sp³-hybridized carbons (Fsp3) is 0.474. The lowest BCUT2D eigenvalue weighted by Gasteiger charge is -2.34. The fourth-order valence-electron chi connectivity index (χ4n) is 2.93. The molecule has 2 aromatic rings. The summed E-state index contributed by atoms with van der Waals surface area (Å²) in [5, 5.41) is 6.07. The number of benzene rings is 1. The molecule has 134 valence electrons. The maximum absolute atomic E-state index is 12.3. The van der Waals surface area contributed by atoms with Crippen LogP contribution in [0.25, 0.3) is 0 Å². The molecule has 3 rings (SSSR count). The van der Waals surface area contributed by atoms with Crippen LogP contribution in [0.1, 0.15) is 26.3 Å². The molecule has 1 saturated heterocycles. The van der Waals surface area contributed by atoms with Crippen LogP contribution in [-0.2, 0) is 10.2 Å². The minimum atomic E-state index is 0.0474. The number of piperazine rings is 1. The van der Waals surface area contributed by atoms with Gasteiger partial charge in [0.25, 0.3) is 0 Å². The predicted octanol–water partition coefficient (Wildman–Crippen LogP) is 3.20. The van der Waals surface area contributed by atoms with Crippen LogP contribution in [0, 0.1) is 0 Å². The lowest BCUT2D eigenvalue weighted by atomic mass is 9.87. The molecule has 1 aromatic heterocycles. The van der Waals surface area contributed by atoms with Crippen LogP contribution in [-0.4, -0.2) is 48.5 Å². The molecule has 2 heterocycles. The van der Waals surface area contributed by atoms with Crippen molar-refractivity contribution in [3.05, 3.63) is 41.4 Å². The highest BCUT2D eigenvalue weighted by atomic mass is 32.1. The summed E-state index contributed by atoms with van der Waals surface area (Å²) in [7, 11) is 0. The first-order chi connectivity index (χ1) is 11.9. The van der Waals surface area contributed by atoms with Gasteiger partial charge in [-0.2, -0.15) is 0 Å². The number of carbonyl (C=O) groups is 1. The molecule has 0 aliphatic carbocycles. The SMILES string of the molecule is CC(C)(C)c1ccc(NC(=O)CN2CCN(c3nccs3)CC2)cc1. The molecule has 1 N–H and O–H groups in total. The third-order valence-corrected chi connectivity index (χ3v) is 5.30. The number of aromatic nitrogens is 1. The van der Waals surface area contributed by atoms with Gasteiger partial charge < -0.3 is 10.2 Å². The Morgan fingerprint density at radius 1 is 1.16 bits per heavy atom. The van der Waals surface area contributed by atoms with E-state index in [1.807, 2.05) is 23.7 Å². The topological polar surface area (TPSA) is 48.5 Å². The molecule has 1 aromatic carbocycles. The molecule has 0 bridgehead atoms. The Morgan fingerprint density at radius 2 is 1.84 bits per heavy atom. The van der Waals surface area contributed by atoms with E-state index in [0.717, 1.165) is 37.0 Å². The van der Waals surface area contributed by atoms with E-state index in [4.69, 9.17) is 0 Å². The van der Waals surface area contributed by atoms with Gasteiger partial charge in [0.2, 0.25) is 5.91 Å². The molecule has 1 aliphatic rings. The molecule has 5 nitrogen and oxygen atoms in total. The van der Waals surface area contributed by atoms with E-state index in [0.29, 0.717) is 6.54 Å². The predicted molar refractivity (Wildman–Crippen MR) is 105 cm³/mol. The van der Waals surface area contributed by atoms with Gasteiger partial charge in [0.15, 0.2) is 5.13 Å². The quantitative estimate of drug-likeness (QED) is 0.912. The number of hydrogen-bond acceptors (Lipinski definition) is 5. The van der Waals surface area contributed by atoms with E-state index in [-0.39, 0.29) is 11.3 Å². The summed E-state index contributed by atoms with van der Waals surface area (Å²) in [6.45, 7) is 10.6. The highest BCUT2D eigenvalue weighted by molar-refractivity contribution is 7.13. The third-order valence-electron chi connectivity index (χ3n) is 4.46. The smallest absolute Gasteiger partial charge is 0.238 e. The fourth-order valence-corrected chi connectivity index (χ4v) is 3.62. The van der Waals surface area contributed by atoms with Gasteiger partial charge in [-0.15, -0.1) is 11.3 Å². The van der Waals surface area contributed by atoms with E-state index in [1.165, 1.54) is 5.56 Å². The summed E-state index contributed by atoms with van der Waals surface area (Å²) in [5.74, 6) is 0.0474. The molecule has 0 saturated carbocycles. The average molecular weight is 359 g/mol. The number of thiazole rings is 1. The zero-order chi connectivity index (χ0) is 17.9. The minimum Gasteiger partial charge on any atom is -0.346 e. The first-order valence-electron chi connectivity index (χ1n) is 8.69. The van der Waals surface area contributed by atoms with Gasteiger partial charge in [-0.25, -0.2) is 4.98 Å². The highest BCUT2D eigenvalue weighted by Crippen LogP contribution is 2.23. The van der Waals surface area contributed by atoms with E-state index in [2.05, 4.69) is 53.0 Å².